The minimum absolute atomic E-state index is 0.262. The number of piperazine rings is 1. The lowest BCUT2D eigenvalue weighted by atomic mass is 10.1. The second-order valence-corrected chi connectivity index (χ2v) is 4.55. The largest absolute Gasteiger partial charge is 0.398 e. The Kier molecular flexibility index (Phi) is 3.97. The molecule has 1 saturated heterocycles. The average Bonchev–Trinajstić information content (AvgIpc) is 2.34. The zero-order valence-electron chi connectivity index (χ0n) is 10.3. The Bertz CT molecular complexity index is 373. The van der Waals surface area contributed by atoms with Gasteiger partial charge >= 0.3 is 0 Å². The number of nitrogen functional groups attached to an aromatic ring is 1. The van der Waals surface area contributed by atoms with Gasteiger partial charge in [0.2, 0.25) is 0 Å². The maximum absolute atomic E-state index is 12.9. The maximum Gasteiger partial charge on any atom is 0.125 e. The molecular weight excluding hydrogens is 217 g/mol. The quantitative estimate of drug-likeness (QED) is 0.810. The van der Waals surface area contributed by atoms with Gasteiger partial charge < -0.3 is 10.6 Å². The second kappa shape index (κ2) is 5.47. The number of likely N-dealkylation sites (N-methyl/N-ethyl adjacent to an activating group) is 1. The number of anilines is 1. The highest BCUT2D eigenvalue weighted by molar-refractivity contribution is 5.46. The van der Waals surface area contributed by atoms with Crippen LogP contribution < -0.4 is 5.73 Å². The van der Waals surface area contributed by atoms with Gasteiger partial charge in [-0.05, 0) is 24.2 Å². The van der Waals surface area contributed by atoms with Gasteiger partial charge in [-0.2, -0.15) is 0 Å². The van der Waals surface area contributed by atoms with Crippen molar-refractivity contribution in [2.24, 2.45) is 0 Å². The number of halogens is 1. The molecule has 0 amide bonds. The van der Waals surface area contributed by atoms with Crippen LogP contribution in [0.4, 0.5) is 10.1 Å². The summed E-state index contributed by atoms with van der Waals surface area (Å²) >= 11 is 0. The summed E-state index contributed by atoms with van der Waals surface area (Å²) in [6.07, 6.45) is 0. The normalized spacial score (nSPS) is 18.5. The van der Waals surface area contributed by atoms with Gasteiger partial charge in [0.1, 0.15) is 5.82 Å². The van der Waals surface area contributed by atoms with Crippen molar-refractivity contribution in [3.8, 4) is 0 Å². The van der Waals surface area contributed by atoms with Crippen molar-refractivity contribution in [3.63, 3.8) is 0 Å². The Morgan fingerprint density at radius 1 is 1.18 bits per heavy atom. The topological polar surface area (TPSA) is 32.5 Å². The molecule has 1 aromatic carbocycles. The van der Waals surface area contributed by atoms with Crippen LogP contribution in [0.25, 0.3) is 0 Å². The van der Waals surface area contributed by atoms with Crippen LogP contribution in [-0.2, 0) is 6.54 Å². The molecule has 0 radical (unpaired) electrons. The highest BCUT2D eigenvalue weighted by Gasteiger charge is 2.16. The summed E-state index contributed by atoms with van der Waals surface area (Å²) in [5.41, 5.74) is 7.40. The predicted octanol–water partition coefficient (Wildman–Crippen LogP) is 1.55. The molecule has 4 heteroatoms. The van der Waals surface area contributed by atoms with Gasteiger partial charge in [-0.1, -0.05) is 13.0 Å². The number of rotatable bonds is 3. The van der Waals surface area contributed by atoms with E-state index in [1.807, 2.05) is 0 Å². The van der Waals surface area contributed by atoms with E-state index < -0.39 is 0 Å². The first-order chi connectivity index (χ1) is 8.19. The maximum atomic E-state index is 12.9. The molecule has 0 aliphatic carbocycles. The van der Waals surface area contributed by atoms with Crippen LogP contribution in [0.15, 0.2) is 18.2 Å². The smallest absolute Gasteiger partial charge is 0.125 e. The van der Waals surface area contributed by atoms with Gasteiger partial charge in [0.15, 0.2) is 0 Å². The molecule has 94 valence electrons. The molecular formula is C13H20FN3. The summed E-state index contributed by atoms with van der Waals surface area (Å²) < 4.78 is 12.9. The molecule has 3 nitrogen and oxygen atoms in total. The average molecular weight is 237 g/mol. The van der Waals surface area contributed by atoms with E-state index in [-0.39, 0.29) is 5.82 Å². The summed E-state index contributed by atoms with van der Waals surface area (Å²) in [6, 6.07) is 4.67. The molecule has 0 atom stereocenters. The molecule has 0 saturated carbocycles. The van der Waals surface area contributed by atoms with Crippen LogP contribution >= 0.6 is 0 Å². The summed E-state index contributed by atoms with van der Waals surface area (Å²) in [6.45, 7) is 8.47. The van der Waals surface area contributed by atoms with Crippen LogP contribution in [0.5, 0.6) is 0 Å². The van der Waals surface area contributed by atoms with Crippen LogP contribution in [-0.4, -0.2) is 42.5 Å². The third kappa shape index (κ3) is 3.17. The van der Waals surface area contributed by atoms with E-state index >= 15 is 0 Å². The lowest BCUT2D eigenvalue weighted by Gasteiger charge is -2.34. The molecule has 1 aliphatic heterocycles. The standard InChI is InChI=1S/C13H20FN3/c1-2-16-5-7-17(8-6-16)10-11-3-4-12(14)9-13(11)15/h3-4,9H,2,5-8,10,15H2,1H3. The Labute approximate surface area is 102 Å². The summed E-state index contributed by atoms with van der Waals surface area (Å²) in [7, 11) is 0. The van der Waals surface area contributed by atoms with Gasteiger partial charge in [-0.3, -0.25) is 4.90 Å². The van der Waals surface area contributed by atoms with Crippen molar-refractivity contribution in [2.45, 2.75) is 13.5 Å². The zero-order chi connectivity index (χ0) is 12.3. The van der Waals surface area contributed by atoms with Crippen molar-refractivity contribution >= 4 is 5.69 Å². The molecule has 0 bridgehead atoms. The summed E-state index contributed by atoms with van der Waals surface area (Å²) in [4.78, 5) is 4.81. The van der Waals surface area contributed by atoms with Gasteiger partial charge in [0, 0.05) is 38.4 Å². The van der Waals surface area contributed by atoms with Crippen molar-refractivity contribution in [1.29, 1.82) is 0 Å². The number of nitrogens with zero attached hydrogens (tertiary/aromatic N) is 2. The SMILES string of the molecule is CCN1CCN(Cc2ccc(F)cc2N)CC1. The molecule has 0 unspecified atom stereocenters. The number of hydrogen-bond acceptors (Lipinski definition) is 3. The fourth-order valence-corrected chi connectivity index (χ4v) is 2.21. The van der Waals surface area contributed by atoms with E-state index in [1.54, 1.807) is 6.07 Å². The predicted molar refractivity (Wildman–Crippen MR) is 68.2 cm³/mol. The van der Waals surface area contributed by atoms with E-state index in [4.69, 9.17) is 5.73 Å². The van der Waals surface area contributed by atoms with Gasteiger partial charge in [-0.15, -0.1) is 0 Å². The minimum atomic E-state index is -0.262. The highest BCUT2D eigenvalue weighted by Crippen LogP contribution is 2.16. The fraction of sp³-hybridized carbons (Fsp3) is 0.538. The van der Waals surface area contributed by atoms with E-state index in [2.05, 4.69) is 16.7 Å². The Morgan fingerprint density at radius 2 is 1.82 bits per heavy atom. The van der Waals surface area contributed by atoms with Crippen LogP contribution in [0.3, 0.4) is 0 Å². The summed E-state index contributed by atoms with van der Waals surface area (Å²) in [5, 5.41) is 0. The van der Waals surface area contributed by atoms with Gasteiger partial charge in [-0.25, -0.2) is 4.39 Å². The van der Waals surface area contributed by atoms with Crippen molar-refractivity contribution in [1.82, 2.24) is 9.80 Å². The van der Waals surface area contributed by atoms with Crippen molar-refractivity contribution in [2.75, 3.05) is 38.5 Å². The third-order valence-corrected chi connectivity index (χ3v) is 3.41. The van der Waals surface area contributed by atoms with E-state index in [0.29, 0.717) is 5.69 Å². The Hall–Kier alpha value is -1.13. The molecule has 1 heterocycles. The number of nitrogens with two attached hydrogens (primary N) is 1. The summed E-state index contributed by atoms with van der Waals surface area (Å²) in [5.74, 6) is -0.262. The molecule has 1 aromatic rings. The third-order valence-electron chi connectivity index (χ3n) is 3.41. The molecule has 1 fully saturated rings. The first kappa shape index (κ1) is 12.3. The highest BCUT2D eigenvalue weighted by atomic mass is 19.1. The molecule has 2 rings (SSSR count). The van der Waals surface area contributed by atoms with Crippen LogP contribution in [0, 0.1) is 5.82 Å². The Balaban J connectivity index is 1.93. The number of hydrogen-bond donors (Lipinski definition) is 1. The van der Waals surface area contributed by atoms with E-state index in [0.717, 1.165) is 44.8 Å². The van der Waals surface area contributed by atoms with Crippen molar-refractivity contribution in [3.05, 3.63) is 29.6 Å². The monoisotopic (exact) mass is 237 g/mol. The van der Waals surface area contributed by atoms with Gasteiger partial charge in [0.05, 0.1) is 0 Å². The van der Waals surface area contributed by atoms with Crippen LogP contribution in [0.2, 0.25) is 0 Å². The molecule has 0 spiro atoms. The fourth-order valence-electron chi connectivity index (χ4n) is 2.21. The van der Waals surface area contributed by atoms with Crippen LogP contribution in [0.1, 0.15) is 12.5 Å². The molecule has 1 aliphatic rings. The number of benzene rings is 1. The minimum Gasteiger partial charge on any atom is -0.398 e. The zero-order valence-corrected chi connectivity index (χ0v) is 10.3. The lowest BCUT2D eigenvalue weighted by molar-refractivity contribution is 0.132. The molecule has 17 heavy (non-hydrogen) atoms. The lowest BCUT2D eigenvalue weighted by Crippen LogP contribution is -2.45. The molecule has 2 N–H and O–H groups in total. The van der Waals surface area contributed by atoms with E-state index in [1.165, 1.54) is 12.1 Å². The van der Waals surface area contributed by atoms with Gasteiger partial charge in [0.25, 0.3) is 0 Å². The Morgan fingerprint density at radius 3 is 2.41 bits per heavy atom. The first-order valence-corrected chi connectivity index (χ1v) is 6.17. The second-order valence-electron chi connectivity index (χ2n) is 4.55. The molecule has 0 aromatic heterocycles. The van der Waals surface area contributed by atoms with Crippen molar-refractivity contribution < 1.29 is 4.39 Å². The first-order valence-electron chi connectivity index (χ1n) is 6.17. The van der Waals surface area contributed by atoms with E-state index in [9.17, 15) is 4.39 Å².